The summed E-state index contributed by atoms with van der Waals surface area (Å²) in [5.41, 5.74) is 1.94. The van der Waals surface area contributed by atoms with Crippen LogP contribution in [0.2, 0.25) is 5.02 Å². The van der Waals surface area contributed by atoms with Gasteiger partial charge in [-0.05, 0) is 25.1 Å². The number of anilines is 3. The fourth-order valence-corrected chi connectivity index (χ4v) is 3.77. The number of carbonyl (C=O) groups excluding carboxylic acids is 1. The van der Waals surface area contributed by atoms with Crippen molar-refractivity contribution in [2.45, 2.75) is 13.3 Å². The van der Waals surface area contributed by atoms with E-state index in [0.717, 1.165) is 0 Å². The summed E-state index contributed by atoms with van der Waals surface area (Å²) in [7, 11) is 1.50. The van der Waals surface area contributed by atoms with Crippen molar-refractivity contribution in [1.29, 1.82) is 0 Å². The van der Waals surface area contributed by atoms with E-state index < -0.39 is 5.82 Å². The third kappa shape index (κ3) is 5.28. The summed E-state index contributed by atoms with van der Waals surface area (Å²) in [6.45, 7) is 3.93. The Morgan fingerprint density at radius 1 is 1.24 bits per heavy atom. The molecule has 4 rings (SSSR count). The quantitative estimate of drug-likeness (QED) is 0.511. The third-order valence-electron chi connectivity index (χ3n) is 5.32. The predicted octanol–water partition coefficient (Wildman–Crippen LogP) is 3.76. The standard InChI is InChI=1S/C22H23ClFN7O2/c1-3-31-12-13(6-19(31)32)8-25-20-16(14-9-27-22(33-2)28-10-14)11-26-21(30-20)29-15-4-5-18(24)17(23)7-15/h4-5,7,9-11,13H,3,6,8,12H2,1-2H3,(H2,25,26,29,30). The van der Waals surface area contributed by atoms with Gasteiger partial charge in [0.15, 0.2) is 0 Å². The minimum atomic E-state index is -0.507. The Bertz CT molecular complexity index is 1150. The molecule has 0 saturated carbocycles. The van der Waals surface area contributed by atoms with Crippen molar-refractivity contribution in [3.05, 3.63) is 47.6 Å². The Morgan fingerprint density at radius 3 is 2.70 bits per heavy atom. The minimum Gasteiger partial charge on any atom is -0.467 e. The predicted molar refractivity (Wildman–Crippen MR) is 123 cm³/mol. The third-order valence-corrected chi connectivity index (χ3v) is 5.61. The van der Waals surface area contributed by atoms with Crippen LogP contribution in [0.3, 0.4) is 0 Å². The molecule has 1 atom stereocenters. The van der Waals surface area contributed by atoms with E-state index in [2.05, 4.69) is 30.6 Å². The van der Waals surface area contributed by atoms with Crippen LogP contribution in [0.5, 0.6) is 6.01 Å². The van der Waals surface area contributed by atoms with Crippen LogP contribution in [0.1, 0.15) is 13.3 Å². The number of rotatable bonds is 8. The maximum Gasteiger partial charge on any atom is 0.316 e. The fraction of sp³-hybridized carbons (Fsp3) is 0.318. The average molecular weight is 472 g/mol. The number of methoxy groups -OCH3 is 1. The number of halogens is 2. The number of carbonyl (C=O) groups is 1. The monoisotopic (exact) mass is 471 g/mol. The SMILES string of the molecule is CCN1CC(CNc2nc(Nc3ccc(F)c(Cl)c3)ncc2-c2cnc(OC)nc2)CC1=O. The van der Waals surface area contributed by atoms with Gasteiger partial charge in [0.1, 0.15) is 11.6 Å². The lowest BCUT2D eigenvalue weighted by Gasteiger charge is -2.16. The summed E-state index contributed by atoms with van der Waals surface area (Å²) in [6.07, 6.45) is 5.39. The summed E-state index contributed by atoms with van der Waals surface area (Å²) in [4.78, 5) is 31.2. The Labute approximate surface area is 195 Å². The first-order valence-corrected chi connectivity index (χ1v) is 10.8. The molecule has 9 nitrogen and oxygen atoms in total. The van der Waals surface area contributed by atoms with Crippen LogP contribution in [-0.4, -0.2) is 57.5 Å². The van der Waals surface area contributed by atoms with Gasteiger partial charge in [0.25, 0.3) is 0 Å². The Morgan fingerprint density at radius 2 is 2.03 bits per heavy atom. The molecule has 3 heterocycles. The van der Waals surface area contributed by atoms with Crippen molar-refractivity contribution >= 4 is 35.0 Å². The van der Waals surface area contributed by atoms with Gasteiger partial charge in [-0.3, -0.25) is 4.79 Å². The zero-order valence-electron chi connectivity index (χ0n) is 18.2. The molecule has 1 fully saturated rings. The molecule has 0 aliphatic carbocycles. The molecule has 3 aromatic rings. The highest BCUT2D eigenvalue weighted by molar-refractivity contribution is 6.31. The zero-order chi connectivity index (χ0) is 23.4. The summed E-state index contributed by atoms with van der Waals surface area (Å²) >= 11 is 5.88. The minimum absolute atomic E-state index is 0.00303. The molecule has 11 heteroatoms. The number of hydrogen-bond acceptors (Lipinski definition) is 8. The first-order valence-electron chi connectivity index (χ1n) is 10.4. The van der Waals surface area contributed by atoms with Gasteiger partial charge in [-0.15, -0.1) is 0 Å². The van der Waals surface area contributed by atoms with Gasteiger partial charge in [0.05, 0.1) is 12.1 Å². The number of nitrogens with zero attached hydrogens (tertiary/aromatic N) is 5. The summed E-state index contributed by atoms with van der Waals surface area (Å²) in [5, 5.41) is 6.38. The molecule has 0 radical (unpaired) electrons. The van der Waals surface area contributed by atoms with Crippen molar-refractivity contribution in [2.24, 2.45) is 5.92 Å². The molecule has 2 N–H and O–H groups in total. The molecule has 1 amide bonds. The average Bonchev–Trinajstić information content (AvgIpc) is 3.20. The highest BCUT2D eigenvalue weighted by Gasteiger charge is 2.28. The number of nitrogens with one attached hydrogen (secondary N) is 2. The number of hydrogen-bond donors (Lipinski definition) is 2. The molecule has 1 aromatic carbocycles. The molecule has 172 valence electrons. The van der Waals surface area contributed by atoms with E-state index in [1.807, 2.05) is 11.8 Å². The van der Waals surface area contributed by atoms with Crippen LogP contribution < -0.4 is 15.4 Å². The van der Waals surface area contributed by atoms with Crippen LogP contribution in [0, 0.1) is 11.7 Å². The fourth-order valence-electron chi connectivity index (χ4n) is 3.59. The maximum atomic E-state index is 13.5. The highest BCUT2D eigenvalue weighted by Crippen LogP contribution is 2.29. The van der Waals surface area contributed by atoms with Crippen molar-refractivity contribution in [3.8, 4) is 17.1 Å². The Balaban J connectivity index is 1.59. The lowest BCUT2D eigenvalue weighted by atomic mass is 10.1. The van der Waals surface area contributed by atoms with E-state index in [4.69, 9.17) is 16.3 Å². The van der Waals surface area contributed by atoms with Gasteiger partial charge < -0.3 is 20.3 Å². The van der Waals surface area contributed by atoms with Crippen molar-refractivity contribution in [2.75, 3.05) is 37.4 Å². The molecule has 2 aromatic heterocycles. The molecule has 1 aliphatic heterocycles. The van der Waals surface area contributed by atoms with Gasteiger partial charge in [-0.25, -0.2) is 19.3 Å². The van der Waals surface area contributed by atoms with Gasteiger partial charge in [0, 0.05) is 67.4 Å². The number of aromatic nitrogens is 4. The van der Waals surface area contributed by atoms with Crippen LogP contribution in [-0.2, 0) is 4.79 Å². The smallest absolute Gasteiger partial charge is 0.316 e. The van der Waals surface area contributed by atoms with Gasteiger partial charge in [-0.2, -0.15) is 4.98 Å². The number of ether oxygens (including phenoxy) is 1. The second kappa shape index (κ2) is 9.95. The van der Waals surface area contributed by atoms with Gasteiger partial charge in [0.2, 0.25) is 11.9 Å². The Hall–Kier alpha value is -3.53. The molecule has 33 heavy (non-hydrogen) atoms. The molecule has 1 saturated heterocycles. The summed E-state index contributed by atoms with van der Waals surface area (Å²) in [6, 6.07) is 4.53. The number of benzene rings is 1. The first-order chi connectivity index (χ1) is 16.0. The van der Waals surface area contributed by atoms with Crippen LogP contribution in [0.15, 0.2) is 36.8 Å². The van der Waals surface area contributed by atoms with Crippen LogP contribution >= 0.6 is 11.6 Å². The normalized spacial score (nSPS) is 15.6. The van der Waals surface area contributed by atoms with Gasteiger partial charge >= 0.3 is 6.01 Å². The first kappa shape index (κ1) is 22.7. The Kier molecular flexibility index (Phi) is 6.83. The van der Waals surface area contributed by atoms with E-state index >= 15 is 0 Å². The summed E-state index contributed by atoms with van der Waals surface area (Å²) < 4.78 is 18.5. The van der Waals surface area contributed by atoms with Crippen molar-refractivity contribution in [3.63, 3.8) is 0 Å². The highest BCUT2D eigenvalue weighted by atomic mass is 35.5. The van der Waals surface area contributed by atoms with E-state index in [1.165, 1.54) is 19.2 Å². The lowest BCUT2D eigenvalue weighted by Crippen LogP contribution is -2.25. The second-order valence-electron chi connectivity index (χ2n) is 7.55. The summed E-state index contributed by atoms with van der Waals surface area (Å²) in [5.74, 6) is 0.673. The largest absolute Gasteiger partial charge is 0.467 e. The second-order valence-corrected chi connectivity index (χ2v) is 7.96. The van der Waals surface area contributed by atoms with E-state index in [0.29, 0.717) is 54.6 Å². The van der Waals surface area contributed by atoms with Crippen LogP contribution in [0.4, 0.5) is 21.8 Å². The number of amides is 1. The van der Waals surface area contributed by atoms with E-state index in [-0.39, 0.29) is 22.9 Å². The topological polar surface area (TPSA) is 105 Å². The molecular weight excluding hydrogens is 449 g/mol. The lowest BCUT2D eigenvalue weighted by molar-refractivity contribution is -0.127. The number of likely N-dealkylation sites (tertiary alicyclic amines) is 1. The molecular formula is C22H23ClFN7O2. The maximum absolute atomic E-state index is 13.5. The molecule has 0 bridgehead atoms. The van der Waals surface area contributed by atoms with E-state index in [9.17, 15) is 9.18 Å². The van der Waals surface area contributed by atoms with Crippen molar-refractivity contribution in [1.82, 2.24) is 24.8 Å². The molecule has 0 spiro atoms. The zero-order valence-corrected chi connectivity index (χ0v) is 18.9. The molecule has 1 unspecified atom stereocenters. The molecule has 1 aliphatic rings. The van der Waals surface area contributed by atoms with E-state index in [1.54, 1.807) is 24.7 Å². The van der Waals surface area contributed by atoms with Crippen molar-refractivity contribution < 1.29 is 13.9 Å². The van der Waals surface area contributed by atoms with Gasteiger partial charge in [-0.1, -0.05) is 11.6 Å². The van der Waals surface area contributed by atoms with Crippen LogP contribution in [0.25, 0.3) is 11.1 Å².